The number of benzene rings is 1. The summed E-state index contributed by atoms with van der Waals surface area (Å²) in [6.45, 7) is 2.09. The number of nitrogens with zero attached hydrogens (tertiary/aromatic N) is 3. The van der Waals surface area contributed by atoms with E-state index >= 15 is 0 Å². The third-order valence-corrected chi connectivity index (χ3v) is 3.95. The van der Waals surface area contributed by atoms with Crippen molar-refractivity contribution in [3.8, 4) is 11.5 Å². The third-order valence-electron chi connectivity index (χ3n) is 3.13. The van der Waals surface area contributed by atoms with Gasteiger partial charge < -0.3 is 14.2 Å². The van der Waals surface area contributed by atoms with Crippen molar-refractivity contribution in [3.63, 3.8) is 0 Å². The molecule has 126 valence electrons. The minimum absolute atomic E-state index is 0.146. The zero-order valence-electron chi connectivity index (χ0n) is 13.0. The Morgan fingerprint density at radius 1 is 1.46 bits per heavy atom. The van der Waals surface area contributed by atoms with Gasteiger partial charge in [0.05, 0.1) is 18.6 Å². The lowest BCUT2D eigenvalue weighted by molar-refractivity contribution is -0.137. The van der Waals surface area contributed by atoms with Crippen molar-refractivity contribution in [2.45, 2.75) is 12.1 Å². The van der Waals surface area contributed by atoms with Crippen molar-refractivity contribution in [1.29, 1.82) is 0 Å². The van der Waals surface area contributed by atoms with Crippen LogP contribution in [0.1, 0.15) is 12.5 Å². The lowest BCUT2D eigenvalue weighted by atomic mass is 10.1. The molecule has 0 amide bonds. The van der Waals surface area contributed by atoms with Gasteiger partial charge in [0, 0.05) is 5.56 Å². The van der Waals surface area contributed by atoms with E-state index in [4.69, 9.17) is 9.47 Å². The van der Waals surface area contributed by atoms with Crippen LogP contribution in [0, 0.1) is 0 Å². The van der Waals surface area contributed by atoms with Crippen LogP contribution in [0.5, 0.6) is 11.5 Å². The number of esters is 1. The van der Waals surface area contributed by atoms with Crippen LogP contribution in [0.3, 0.4) is 0 Å². The molecule has 0 unspecified atom stereocenters. The SMILES string of the molecule is COC(=O)CSc1n[nH]c(NN=C(C)c2ccc3c(c2)OCO3)n1. The second-order valence-electron chi connectivity index (χ2n) is 4.71. The molecule has 0 saturated carbocycles. The summed E-state index contributed by atoms with van der Waals surface area (Å²) in [5.74, 6) is 1.61. The smallest absolute Gasteiger partial charge is 0.316 e. The van der Waals surface area contributed by atoms with Gasteiger partial charge in [0.25, 0.3) is 0 Å². The molecule has 0 aliphatic carbocycles. The number of H-pyrrole nitrogens is 1. The van der Waals surface area contributed by atoms with Crippen LogP contribution >= 0.6 is 11.8 Å². The molecule has 0 spiro atoms. The van der Waals surface area contributed by atoms with Gasteiger partial charge in [0.15, 0.2) is 11.5 Å². The molecule has 1 aliphatic rings. The fourth-order valence-corrected chi connectivity index (χ4v) is 2.50. The van der Waals surface area contributed by atoms with Gasteiger partial charge in [-0.05, 0) is 25.1 Å². The third kappa shape index (κ3) is 3.77. The fraction of sp³-hybridized carbons (Fsp3) is 0.286. The maximum absolute atomic E-state index is 11.1. The number of ether oxygens (including phenoxy) is 3. The van der Waals surface area contributed by atoms with Crippen molar-refractivity contribution in [2.75, 3.05) is 25.1 Å². The van der Waals surface area contributed by atoms with Gasteiger partial charge in [0.1, 0.15) is 0 Å². The molecular weight excluding hydrogens is 334 g/mol. The summed E-state index contributed by atoms with van der Waals surface area (Å²) in [5, 5.41) is 11.4. The molecule has 24 heavy (non-hydrogen) atoms. The van der Waals surface area contributed by atoms with E-state index in [-0.39, 0.29) is 18.5 Å². The van der Waals surface area contributed by atoms with E-state index in [0.29, 0.717) is 16.9 Å². The number of hydrogen-bond acceptors (Lipinski definition) is 9. The first-order chi connectivity index (χ1) is 11.7. The number of aromatic nitrogens is 3. The number of nitrogens with one attached hydrogen (secondary N) is 2. The highest BCUT2D eigenvalue weighted by Gasteiger charge is 2.14. The number of carbonyl (C=O) groups is 1. The number of anilines is 1. The van der Waals surface area contributed by atoms with E-state index in [1.54, 1.807) is 0 Å². The summed E-state index contributed by atoms with van der Waals surface area (Å²) in [7, 11) is 1.33. The summed E-state index contributed by atoms with van der Waals surface area (Å²) in [4.78, 5) is 15.2. The van der Waals surface area contributed by atoms with E-state index in [1.807, 2.05) is 25.1 Å². The second-order valence-corrected chi connectivity index (χ2v) is 5.65. The van der Waals surface area contributed by atoms with Crippen LogP contribution in [0.2, 0.25) is 0 Å². The standard InChI is InChI=1S/C14H15N5O4S/c1-8(9-3-4-10-11(5-9)23-7-22-10)16-17-13-15-14(19-18-13)24-6-12(20)21-2/h3-5H,6-7H2,1-2H3,(H2,15,17,18,19). The summed E-state index contributed by atoms with van der Waals surface area (Å²) in [5.41, 5.74) is 4.43. The average molecular weight is 349 g/mol. The zero-order chi connectivity index (χ0) is 16.9. The number of methoxy groups -OCH3 is 1. The molecule has 10 heteroatoms. The Balaban J connectivity index is 1.61. The Bertz CT molecular complexity index is 776. The van der Waals surface area contributed by atoms with Gasteiger partial charge in [-0.3, -0.25) is 4.79 Å². The highest BCUT2D eigenvalue weighted by Crippen LogP contribution is 2.32. The number of hydrazone groups is 1. The molecule has 1 aliphatic heterocycles. The molecule has 0 bridgehead atoms. The van der Waals surface area contributed by atoms with Crippen LogP contribution in [0.15, 0.2) is 28.5 Å². The van der Waals surface area contributed by atoms with Gasteiger partial charge in [-0.2, -0.15) is 10.1 Å². The van der Waals surface area contributed by atoms with Crippen LogP contribution < -0.4 is 14.9 Å². The summed E-state index contributed by atoms with van der Waals surface area (Å²) in [6.07, 6.45) is 0. The van der Waals surface area contributed by atoms with Crippen molar-refractivity contribution in [2.24, 2.45) is 5.10 Å². The van der Waals surface area contributed by atoms with Crippen molar-refractivity contribution in [1.82, 2.24) is 15.2 Å². The van der Waals surface area contributed by atoms with Crippen molar-refractivity contribution in [3.05, 3.63) is 23.8 Å². The van der Waals surface area contributed by atoms with Gasteiger partial charge in [-0.15, -0.1) is 5.10 Å². The van der Waals surface area contributed by atoms with E-state index < -0.39 is 0 Å². The fourth-order valence-electron chi connectivity index (χ4n) is 1.87. The van der Waals surface area contributed by atoms with Crippen LogP contribution in [0.25, 0.3) is 0 Å². The first-order valence-electron chi connectivity index (χ1n) is 6.98. The minimum Gasteiger partial charge on any atom is -0.468 e. The number of aromatic amines is 1. The van der Waals surface area contributed by atoms with Crippen molar-refractivity contribution < 1.29 is 19.0 Å². The molecule has 0 radical (unpaired) electrons. The quantitative estimate of drug-likeness (QED) is 0.350. The Morgan fingerprint density at radius 2 is 2.29 bits per heavy atom. The van der Waals surface area contributed by atoms with Gasteiger partial charge in [0.2, 0.25) is 17.9 Å². The summed E-state index contributed by atoms with van der Waals surface area (Å²) < 4.78 is 15.2. The highest BCUT2D eigenvalue weighted by molar-refractivity contribution is 7.99. The largest absolute Gasteiger partial charge is 0.468 e. The molecule has 3 rings (SSSR count). The number of fused-ring (bicyclic) bond motifs is 1. The molecule has 9 nitrogen and oxygen atoms in total. The molecule has 1 aromatic heterocycles. The van der Waals surface area contributed by atoms with E-state index in [0.717, 1.165) is 17.0 Å². The van der Waals surface area contributed by atoms with Crippen LogP contribution in [0.4, 0.5) is 5.95 Å². The normalized spacial score (nSPS) is 13.0. The number of rotatable bonds is 6. The Hall–Kier alpha value is -2.75. The average Bonchev–Trinajstić information content (AvgIpc) is 3.25. The summed E-state index contributed by atoms with van der Waals surface area (Å²) >= 11 is 1.17. The zero-order valence-corrected chi connectivity index (χ0v) is 13.8. The predicted molar refractivity (Wildman–Crippen MR) is 87.5 cm³/mol. The van der Waals surface area contributed by atoms with Gasteiger partial charge in [-0.1, -0.05) is 11.8 Å². The topological polar surface area (TPSA) is 111 Å². The molecule has 0 fully saturated rings. The predicted octanol–water partition coefficient (Wildman–Crippen LogP) is 1.63. The Kier molecular flexibility index (Phi) is 4.85. The Labute approximate surface area is 141 Å². The molecule has 2 aromatic rings. The molecule has 1 aromatic carbocycles. The van der Waals surface area contributed by atoms with E-state index in [1.165, 1.54) is 18.9 Å². The first kappa shape index (κ1) is 16.1. The minimum atomic E-state index is -0.337. The molecule has 2 heterocycles. The maximum atomic E-state index is 11.1. The number of thioether (sulfide) groups is 1. The van der Waals surface area contributed by atoms with Gasteiger partial charge >= 0.3 is 5.97 Å². The van der Waals surface area contributed by atoms with Crippen molar-refractivity contribution >= 4 is 29.4 Å². The first-order valence-corrected chi connectivity index (χ1v) is 7.96. The van der Waals surface area contributed by atoms with Crippen LogP contribution in [-0.2, 0) is 9.53 Å². The molecule has 0 atom stereocenters. The van der Waals surface area contributed by atoms with E-state index in [2.05, 4.69) is 30.4 Å². The maximum Gasteiger partial charge on any atom is 0.316 e. The highest BCUT2D eigenvalue weighted by atomic mass is 32.2. The number of hydrogen-bond donors (Lipinski definition) is 2. The lowest BCUT2D eigenvalue weighted by Crippen LogP contribution is -2.03. The number of carbonyl (C=O) groups excluding carboxylic acids is 1. The monoisotopic (exact) mass is 349 g/mol. The lowest BCUT2D eigenvalue weighted by Gasteiger charge is -2.02. The molecular formula is C14H15N5O4S. The molecule has 2 N–H and O–H groups in total. The van der Waals surface area contributed by atoms with Gasteiger partial charge in [-0.25, -0.2) is 10.5 Å². The molecule has 0 saturated heterocycles. The second kappa shape index (κ2) is 7.21. The Morgan fingerprint density at radius 3 is 3.12 bits per heavy atom. The van der Waals surface area contributed by atoms with E-state index in [9.17, 15) is 4.79 Å². The van der Waals surface area contributed by atoms with Crippen LogP contribution in [-0.4, -0.2) is 46.5 Å². The summed E-state index contributed by atoms with van der Waals surface area (Å²) in [6, 6.07) is 5.60.